The molecule has 0 aliphatic carbocycles. The van der Waals surface area contributed by atoms with Crippen LogP contribution in [0, 0.1) is 19.7 Å². The van der Waals surface area contributed by atoms with Crippen LogP contribution < -0.4 is 5.32 Å². The van der Waals surface area contributed by atoms with E-state index >= 15 is 0 Å². The monoisotopic (exact) mass is 453 g/mol. The lowest BCUT2D eigenvalue weighted by molar-refractivity contribution is 0.102. The number of nitrogens with one attached hydrogen (secondary N) is 1. The van der Waals surface area contributed by atoms with Gasteiger partial charge in [-0.15, -0.1) is 23.1 Å². The molecule has 0 aliphatic heterocycles. The first kappa shape index (κ1) is 21.3. The molecule has 1 N–H and O–H groups in total. The van der Waals surface area contributed by atoms with Gasteiger partial charge in [0.05, 0.1) is 11.3 Å². The van der Waals surface area contributed by atoms with Gasteiger partial charge >= 0.3 is 0 Å². The van der Waals surface area contributed by atoms with Gasteiger partial charge in [0.25, 0.3) is 5.91 Å². The number of rotatable bonds is 7. The first-order valence-corrected chi connectivity index (χ1v) is 11.4. The highest BCUT2D eigenvalue weighted by molar-refractivity contribution is 7.98. The SMILES string of the molecule is Cc1noc(C)c1CSc1ccccc1C(=O)Nc1ncc(Cc2cccc(F)c2)s1. The maximum Gasteiger partial charge on any atom is 0.258 e. The lowest BCUT2D eigenvalue weighted by Crippen LogP contribution is -2.12. The van der Waals surface area contributed by atoms with Crippen molar-refractivity contribution in [3.05, 3.63) is 93.6 Å². The fourth-order valence-corrected chi connectivity index (χ4v) is 5.14. The molecule has 0 unspecified atom stereocenters. The zero-order chi connectivity index (χ0) is 21.8. The number of carbonyl (C=O) groups excluding carboxylic acids is 1. The summed E-state index contributed by atoms with van der Waals surface area (Å²) in [6.07, 6.45) is 2.28. The van der Waals surface area contributed by atoms with E-state index in [1.54, 1.807) is 30.1 Å². The number of hydrogen-bond acceptors (Lipinski definition) is 6. The molecule has 0 fully saturated rings. The summed E-state index contributed by atoms with van der Waals surface area (Å²) in [5, 5.41) is 7.38. The molecule has 1 amide bonds. The van der Waals surface area contributed by atoms with Crippen LogP contribution in [-0.4, -0.2) is 16.0 Å². The van der Waals surface area contributed by atoms with Gasteiger partial charge in [-0.2, -0.15) is 0 Å². The minimum atomic E-state index is -0.263. The molecule has 158 valence electrons. The third-order valence-corrected chi connectivity index (χ3v) is 6.74. The minimum Gasteiger partial charge on any atom is -0.361 e. The second-order valence-corrected chi connectivity index (χ2v) is 9.11. The van der Waals surface area contributed by atoms with Crippen molar-refractivity contribution >= 4 is 34.1 Å². The predicted molar refractivity (Wildman–Crippen MR) is 121 cm³/mol. The average molecular weight is 454 g/mol. The largest absolute Gasteiger partial charge is 0.361 e. The van der Waals surface area contributed by atoms with Crippen LogP contribution >= 0.6 is 23.1 Å². The molecule has 0 saturated heterocycles. The van der Waals surface area contributed by atoms with Crippen molar-refractivity contribution in [2.75, 3.05) is 5.32 Å². The van der Waals surface area contributed by atoms with E-state index in [9.17, 15) is 9.18 Å². The molecule has 2 aromatic carbocycles. The molecule has 31 heavy (non-hydrogen) atoms. The van der Waals surface area contributed by atoms with Gasteiger partial charge in [-0.3, -0.25) is 10.1 Å². The van der Waals surface area contributed by atoms with Gasteiger partial charge < -0.3 is 4.52 Å². The lowest BCUT2D eigenvalue weighted by atomic mass is 10.1. The van der Waals surface area contributed by atoms with Crippen molar-refractivity contribution in [2.45, 2.75) is 30.9 Å². The van der Waals surface area contributed by atoms with Gasteiger partial charge in [-0.1, -0.05) is 29.4 Å². The van der Waals surface area contributed by atoms with E-state index < -0.39 is 0 Å². The van der Waals surface area contributed by atoms with Crippen LogP contribution in [0.15, 0.2) is 64.1 Å². The van der Waals surface area contributed by atoms with Crippen molar-refractivity contribution in [2.24, 2.45) is 0 Å². The highest BCUT2D eigenvalue weighted by Gasteiger charge is 2.16. The van der Waals surface area contributed by atoms with Crippen LogP contribution in [0.2, 0.25) is 0 Å². The fourth-order valence-electron chi connectivity index (χ4n) is 3.10. The Morgan fingerprint density at radius 3 is 2.81 bits per heavy atom. The number of aryl methyl sites for hydroxylation is 2. The van der Waals surface area contributed by atoms with E-state index in [0.29, 0.717) is 22.9 Å². The third kappa shape index (κ3) is 5.21. The van der Waals surface area contributed by atoms with Crippen LogP contribution in [0.25, 0.3) is 0 Å². The molecule has 4 aromatic rings. The van der Waals surface area contributed by atoms with Gasteiger partial charge in [0.2, 0.25) is 0 Å². The molecule has 0 aliphatic rings. The van der Waals surface area contributed by atoms with Crippen LogP contribution in [-0.2, 0) is 12.2 Å². The van der Waals surface area contributed by atoms with Crippen LogP contribution in [0.3, 0.4) is 0 Å². The number of amides is 1. The van der Waals surface area contributed by atoms with Gasteiger partial charge in [0, 0.05) is 33.7 Å². The molecular weight excluding hydrogens is 433 g/mol. The maximum atomic E-state index is 13.4. The zero-order valence-corrected chi connectivity index (χ0v) is 18.6. The van der Waals surface area contributed by atoms with Crippen molar-refractivity contribution in [3.8, 4) is 0 Å². The summed E-state index contributed by atoms with van der Waals surface area (Å²) in [5.74, 6) is 0.982. The molecular formula is C23H20FN3O2S2. The van der Waals surface area contributed by atoms with Crippen LogP contribution in [0.1, 0.15) is 37.8 Å². The van der Waals surface area contributed by atoms with Crippen molar-refractivity contribution in [1.82, 2.24) is 10.1 Å². The number of anilines is 1. The first-order chi connectivity index (χ1) is 15.0. The second kappa shape index (κ2) is 9.45. The zero-order valence-electron chi connectivity index (χ0n) is 17.0. The Hall–Kier alpha value is -2.97. The van der Waals surface area contributed by atoms with E-state index in [2.05, 4.69) is 15.5 Å². The lowest BCUT2D eigenvalue weighted by Gasteiger charge is -2.08. The first-order valence-electron chi connectivity index (χ1n) is 9.63. The van der Waals surface area contributed by atoms with Crippen LogP contribution in [0.4, 0.5) is 9.52 Å². The van der Waals surface area contributed by atoms with E-state index in [-0.39, 0.29) is 11.7 Å². The number of benzene rings is 2. The third-order valence-electron chi connectivity index (χ3n) is 4.73. The van der Waals surface area contributed by atoms with E-state index in [4.69, 9.17) is 4.52 Å². The Morgan fingerprint density at radius 2 is 2.03 bits per heavy atom. The molecule has 0 saturated carbocycles. The number of carbonyl (C=O) groups is 1. The Bertz CT molecular complexity index is 1200. The molecule has 0 spiro atoms. The highest BCUT2D eigenvalue weighted by atomic mass is 32.2. The highest BCUT2D eigenvalue weighted by Crippen LogP contribution is 2.30. The Balaban J connectivity index is 1.44. The summed E-state index contributed by atoms with van der Waals surface area (Å²) in [7, 11) is 0. The van der Waals surface area contributed by atoms with Gasteiger partial charge in [0.15, 0.2) is 5.13 Å². The van der Waals surface area contributed by atoms with Crippen molar-refractivity contribution in [1.29, 1.82) is 0 Å². The quantitative estimate of drug-likeness (QED) is 0.347. The van der Waals surface area contributed by atoms with E-state index in [1.807, 2.05) is 38.1 Å². The Kier molecular flexibility index (Phi) is 6.48. The number of halogens is 1. The smallest absolute Gasteiger partial charge is 0.258 e. The van der Waals surface area contributed by atoms with E-state index in [1.165, 1.54) is 23.5 Å². The average Bonchev–Trinajstić information content (AvgIpc) is 3.32. The topological polar surface area (TPSA) is 68.0 Å². The Morgan fingerprint density at radius 1 is 1.19 bits per heavy atom. The maximum absolute atomic E-state index is 13.4. The number of thiazole rings is 1. The second-order valence-electron chi connectivity index (χ2n) is 6.98. The van der Waals surface area contributed by atoms with Crippen molar-refractivity contribution < 1.29 is 13.7 Å². The summed E-state index contributed by atoms with van der Waals surface area (Å²) in [4.78, 5) is 19.0. The summed E-state index contributed by atoms with van der Waals surface area (Å²) in [6.45, 7) is 3.80. The van der Waals surface area contributed by atoms with Gasteiger partial charge in [-0.05, 0) is 43.7 Å². The molecule has 5 nitrogen and oxygen atoms in total. The molecule has 0 bridgehead atoms. The number of aromatic nitrogens is 2. The molecule has 8 heteroatoms. The van der Waals surface area contributed by atoms with E-state index in [0.717, 1.165) is 32.4 Å². The molecule has 2 aromatic heterocycles. The summed E-state index contributed by atoms with van der Waals surface area (Å²) < 4.78 is 18.6. The number of thioether (sulfide) groups is 1. The summed E-state index contributed by atoms with van der Waals surface area (Å²) >= 11 is 2.95. The van der Waals surface area contributed by atoms with Gasteiger partial charge in [0.1, 0.15) is 11.6 Å². The van der Waals surface area contributed by atoms with Crippen molar-refractivity contribution in [3.63, 3.8) is 0 Å². The Labute approximate surface area is 187 Å². The standard InChI is InChI=1S/C23H20FN3O2S2/c1-14-20(15(2)29-27-14)13-30-21-9-4-3-8-19(21)22(28)26-23-25-12-18(31-23)11-16-6-5-7-17(24)10-16/h3-10,12H,11,13H2,1-2H3,(H,25,26,28). The summed E-state index contributed by atoms with van der Waals surface area (Å²) in [5.41, 5.74) is 3.35. The molecule has 2 heterocycles. The van der Waals surface area contributed by atoms with Gasteiger partial charge in [-0.25, -0.2) is 9.37 Å². The molecule has 0 atom stereocenters. The van der Waals surface area contributed by atoms with Crippen LogP contribution in [0.5, 0.6) is 0 Å². The number of hydrogen-bond donors (Lipinski definition) is 1. The number of nitrogens with zero attached hydrogens (tertiary/aromatic N) is 2. The minimum absolute atomic E-state index is 0.214. The fraction of sp³-hybridized carbons (Fsp3) is 0.174. The summed E-state index contributed by atoms with van der Waals surface area (Å²) in [6, 6.07) is 14.0. The normalized spacial score (nSPS) is 10.9. The molecule has 0 radical (unpaired) electrons. The molecule has 4 rings (SSSR count). The predicted octanol–water partition coefficient (Wildman–Crippen LogP) is 6.02.